The van der Waals surface area contributed by atoms with Crippen LogP contribution in [-0.2, 0) is 11.0 Å². The largest absolute Gasteiger partial charge is 0.497 e. The maximum Gasteiger partial charge on any atom is 0.416 e. The van der Waals surface area contributed by atoms with Gasteiger partial charge in [0.15, 0.2) is 0 Å². The second-order valence-electron chi connectivity index (χ2n) is 7.48. The summed E-state index contributed by atoms with van der Waals surface area (Å²) in [6.45, 7) is 1.73. The third kappa shape index (κ3) is 3.31. The van der Waals surface area contributed by atoms with Gasteiger partial charge in [0.2, 0.25) is 11.0 Å². The zero-order valence-corrected chi connectivity index (χ0v) is 17.8. The fourth-order valence-electron chi connectivity index (χ4n) is 4.12. The average Bonchev–Trinajstić information content (AvgIpc) is 3.32. The fraction of sp³-hybridized carbons (Fsp3) is 0.227. The molecule has 6 nitrogen and oxygen atoms in total. The number of carbonyl (C=O) groups excluding carboxylic acids is 1. The SMILES string of the molecule is COc1ccc2nc(-n3nc(C)c4c3NC(=O)C[C@@H]4c3ccccc3C(F)(F)F)sc2c1. The molecular formula is C22H17F3N4O2S. The van der Waals surface area contributed by atoms with Crippen molar-refractivity contribution in [1.82, 2.24) is 14.8 Å². The standard InChI is InChI=1S/C22H17F3N4O2S/c1-11-19-14(13-5-3-4-6-15(13)22(23,24)25)10-18(30)27-20(19)29(28-11)21-26-16-8-7-12(31-2)9-17(16)32-21/h3-9,14H,10H2,1-2H3,(H,27,30)/t14-/m1/s1. The van der Waals surface area contributed by atoms with Gasteiger partial charge in [-0.1, -0.05) is 29.5 Å². The highest BCUT2D eigenvalue weighted by atomic mass is 32.1. The smallest absolute Gasteiger partial charge is 0.416 e. The predicted octanol–water partition coefficient (Wildman–Crippen LogP) is 5.29. The lowest BCUT2D eigenvalue weighted by molar-refractivity contribution is -0.138. The monoisotopic (exact) mass is 458 g/mol. The van der Waals surface area contributed by atoms with E-state index >= 15 is 0 Å². The Bertz CT molecular complexity index is 1360. The first-order valence-electron chi connectivity index (χ1n) is 9.76. The molecule has 0 saturated carbocycles. The summed E-state index contributed by atoms with van der Waals surface area (Å²) in [5, 5.41) is 7.84. The molecule has 1 aliphatic heterocycles. The number of fused-ring (bicyclic) bond motifs is 2. The van der Waals surface area contributed by atoms with Gasteiger partial charge in [-0.05, 0) is 36.8 Å². The van der Waals surface area contributed by atoms with E-state index < -0.39 is 17.7 Å². The second kappa shape index (κ2) is 7.33. The molecule has 32 heavy (non-hydrogen) atoms. The maximum absolute atomic E-state index is 13.7. The van der Waals surface area contributed by atoms with E-state index in [2.05, 4.69) is 15.4 Å². The molecule has 3 heterocycles. The normalized spacial score (nSPS) is 16.2. The van der Waals surface area contributed by atoms with Crippen molar-refractivity contribution < 1.29 is 22.7 Å². The van der Waals surface area contributed by atoms with Gasteiger partial charge in [0.05, 0.1) is 28.6 Å². The lowest BCUT2D eigenvalue weighted by atomic mass is 9.83. The van der Waals surface area contributed by atoms with Crippen molar-refractivity contribution in [3.63, 3.8) is 0 Å². The van der Waals surface area contributed by atoms with Gasteiger partial charge in [-0.2, -0.15) is 23.0 Å². The third-order valence-corrected chi connectivity index (χ3v) is 6.50. The zero-order valence-electron chi connectivity index (χ0n) is 17.0. The van der Waals surface area contributed by atoms with E-state index in [0.29, 0.717) is 28.0 Å². The van der Waals surface area contributed by atoms with Gasteiger partial charge in [0.1, 0.15) is 11.6 Å². The maximum atomic E-state index is 13.7. The van der Waals surface area contributed by atoms with Crippen molar-refractivity contribution >= 4 is 33.3 Å². The van der Waals surface area contributed by atoms with E-state index in [1.54, 1.807) is 26.2 Å². The topological polar surface area (TPSA) is 69.0 Å². The zero-order chi connectivity index (χ0) is 22.6. The Kier molecular flexibility index (Phi) is 4.70. The molecule has 1 atom stereocenters. The Morgan fingerprint density at radius 2 is 2.00 bits per heavy atom. The number of benzene rings is 2. The number of ether oxygens (including phenoxy) is 1. The molecule has 1 N–H and O–H groups in total. The van der Waals surface area contributed by atoms with Crippen LogP contribution < -0.4 is 10.1 Å². The first-order valence-corrected chi connectivity index (χ1v) is 10.6. The minimum absolute atomic E-state index is 0.0628. The van der Waals surface area contributed by atoms with Crippen molar-refractivity contribution in [3.05, 3.63) is 64.8 Å². The molecule has 1 aliphatic rings. The Morgan fingerprint density at radius 3 is 2.75 bits per heavy atom. The molecule has 4 aromatic rings. The first kappa shape index (κ1) is 20.5. The predicted molar refractivity (Wildman–Crippen MR) is 115 cm³/mol. The fourth-order valence-corrected chi connectivity index (χ4v) is 5.07. The van der Waals surface area contributed by atoms with Crippen LogP contribution in [-0.4, -0.2) is 27.8 Å². The molecule has 0 bridgehead atoms. The van der Waals surface area contributed by atoms with Gasteiger partial charge in [-0.3, -0.25) is 4.79 Å². The van der Waals surface area contributed by atoms with E-state index in [9.17, 15) is 18.0 Å². The molecule has 0 spiro atoms. The summed E-state index contributed by atoms with van der Waals surface area (Å²) in [4.78, 5) is 17.1. The number of thiazole rings is 1. The number of aryl methyl sites for hydroxylation is 1. The highest BCUT2D eigenvalue weighted by molar-refractivity contribution is 7.20. The Labute approximate surface area is 184 Å². The number of halogens is 3. The molecule has 10 heteroatoms. The quantitative estimate of drug-likeness (QED) is 0.453. The highest BCUT2D eigenvalue weighted by Gasteiger charge is 2.39. The van der Waals surface area contributed by atoms with Gasteiger partial charge < -0.3 is 10.1 Å². The van der Waals surface area contributed by atoms with Gasteiger partial charge in [-0.25, -0.2) is 4.98 Å². The molecule has 0 aliphatic carbocycles. The van der Waals surface area contributed by atoms with Crippen LogP contribution in [0.1, 0.15) is 34.7 Å². The van der Waals surface area contributed by atoms with Crippen LogP contribution in [0.5, 0.6) is 5.75 Å². The van der Waals surface area contributed by atoms with Crippen LogP contribution in [0.25, 0.3) is 15.3 Å². The molecule has 2 aromatic heterocycles. The first-order chi connectivity index (χ1) is 15.3. The minimum atomic E-state index is -4.53. The van der Waals surface area contributed by atoms with Crippen LogP contribution in [0.4, 0.5) is 19.0 Å². The average molecular weight is 458 g/mol. The second-order valence-corrected chi connectivity index (χ2v) is 8.49. The van der Waals surface area contributed by atoms with Gasteiger partial charge in [0.25, 0.3) is 0 Å². The Morgan fingerprint density at radius 1 is 1.22 bits per heavy atom. The van der Waals surface area contributed by atoms with Crippen LogP contribution >= 0.6 is 11.3 Å². The lowest BCUT2D eigenvalue weighted by Gasteiger charge is -2.26. The van der Waals surface area contributed by atoms with Crippen molar-refractivity contribution in [2.45, 2.75) is 25.4 Å². The van der Waals surface area contributed by atoms with Crippen LogP contribution in [0.3, 0.4) is 0 Å². The summed E-state index contributed by atoms with van der Waals surface area (Å²) in [5.74, 6) is -0.0987. The number of nitrogens with zero attached hydrogens (tertiary/aromatic N) is 3. The van der Waals surface area contributed by atoms with Crippen molar-refractivity contribution in [2.75, 3.05) is 12.4 Å². The summed E-state index contributed by atoms with van der Waals surface area (Å²) < 4.78 is 48.7. The van der Waals surface area contributed by atoms with E-state index in [4.69, 9.17) is 4.74 Å². The molecule has 164 valence electrons. The number of carbonyl (C=O) groups is 1. The third-order valence-electron chi connectivity index (χ3n) is 5.51. The molecule has 0 saturated heterocycles. The number of alkyl halides is 3. The lowest BCUT2D eigenvalue weighted by Crippen LogP contribution is -2.26. The Hall–Kier alpha value is -3.40. The van der Waals surface area contributed by atoms with E-state index in [-0.39, 0.29) is 17.9 Å². The number of hydrogen-bond acceptors (Lipinski definition) is 5. The van der Waals surface area contributed by atoms with Gasteiger partial charge in [-0.15, -0.1) is 0 Å². The van der Waals surface area contributed by atoms with E-state index in [0.717, 1.165) is 16.3 Å². The molecule has 2 aromatic carbocycles. The summed E-state index contributed by atoms with van der Waals surface area (Å²) >= 11 is 1.35. The van der Waals surface area contributed by atoms with Crippen molar-refractivity contribution in [3.8, 4) is 10.9 Å². The number of amides is 1. The molecule has 0 fully saturated rings. The minimum Gasteiger partial charge on any atom is -0.497 e. The number of aromatic nitrogens is 3. The number of anilines is 1. The van der Waals surface area contributed by atoms with Gasteiger partial charge in [0, 0.05) is 17.9 Å². The van der Waals surface area contributed by atoms with E-state index in [1.165, 1.54) is 28.2 Å². The Balaban J connectivity index is 1.67. The van der Waals surface area contributed by atoms with E-state index in [1.807, 2.05) is 12.1 Å². The molecule has 0 unspecified atom stereocenters. The molecular weight excluding hydrogens is 441 g/mol. The summed E-state index contributed by atoms with van der Waals surface area (Å²) in [6, 6.07) is 10.8. The summed E-state index contributed by atoms with van der Waals surface area (Å²) in [6.07, 6.45) is -4.62. The number of nitrogens with one attached hydrogen (secondary N) is 1. The summed E-state index contributed by atoms with van der Waals surface area (Å²) in [5.41, 5.74) is 1.16. The van der Waals surface area contributed by atoms with Crippen LogP contribution in [0.15, 0.2) is 42.5 Å². The van der Waals surface area contributed by atoms with Crippen molar-refractivity contribution in [1.29, 1.82) is 0 Å². The highest BCUT2D eigenvalue weighted by Crippen LogP contribution is 2.45. The number of hydrogen-bond donors (Lipinski definition) is 1. The molecule has 1 amide bonds. The molecule has 5 rings (SSSR count). The van der Waals surface area contributed by atoms with Gasteiger partial charge >= 0.3 is 6.18 Å². The molecule has 0 radical (unpaired) electrons. The summed E-state index contributed by atoms with van der Waals surface area (Å²) in [7, 11) is 1.57. The van der Waals surface area contributed by atoms with Crippen LogP contribution in [0.2, 0.25) is 0 Å². The number of methoxy groups -OCH3 is 1. The number of rotatable bonds is 3. The van der Waals surface area contributed by atoms with Crippen LogP contribution in [0, 0.1) is 6.92 Å². The van der Waals surface area contributed by atoms with Crippen molar-refractivity contribution in [2.24, 2.45) is 0 Å².